The van der Waals surface area contributed by atoms with Crippen molar-refractivity contribution in [2.45, 2.75) is 59.4 Å². The zero-order valence-corrected chi connectivity index (χ0v) is 13.0. The second-order valence-corrected chi connectivity index (χ2v) is 5.97. The Morgan fingerprint density at radius 1 is 1.16 bits per heavy atom. The summed E-state index contributed by atoms with van der Waals surface area (Å²) in [6, 6.07) is 7.63. The highest BCUT2D eigenvalue weighted by Gasteiger charge is 2.34. The number of aryl methyl sites for hydroxylation is 2. The third kappa shape index (κ3) is 3.39. The van der Waals surface area contributed by atoms with Gasteiger partial charge < -0.3 is 5.32 Å². The molecule has 1 nitrogen and oxygen atoms in total. The third-order valence-electron chi connectivity index (χ3n) is 4.65. The van der Waals surface area contributed by atoms with Crippen molar-refractivity contribution >= 4 is 0 Å². The smallest absolute Gasteiger partial charge is 0.0351 e. The van der Waals surface area contributed by atoms with Gasteiger partial charge in [-0.3, -0.25) is 0 Å². The van der Waals surface area contributed by atoms with Crippen molar-refractivity contribution in [3.63, 3.8) is 0 Å². The predicted molar refractivity (Wildman–Crippen MR) is 83.5 cm³/mol. The summed E-state index contributed by atoms with van der Waals surface area (Å²) in [4.78, 5) is 0. The summed E-state index contributed by atoms with van der Waals surface area (Å²) < 4.78 is 0. The van der Waals surface area contributed by atoms with Gasteiger partial charge in [0.05, 0.1) is 0 Å². The number of rotatable bonds is 7. The fraction of sp³-hybridized carbons (Fsp3) is 0.667. The van der Waals surface area contributed by atoms with Crippen molar-refractivity contribution < 1.29 is 0 Å². The first kappa shape index (κ1) is 14.6. The zero-order valence-electron chi connectivity index (χ0n) is 13.0. The molecule has 0 heterocycles. The van der Waals surface area contributed by atoms with Gasteiger partial charge in [0.2, 0.25) is 0 Å². The minimum atomic E-state index is 0.541. The summed E-state index contributed by atoms with van der Waals surface area (Å²) in [5.74, 6) is 1.70. The highest BCUT2D eigenvalue weighted by molar-refractivity contribution is 5.35. The summed E-state index contributed by atoms with van der Waals surface area (Å²) in [7, 11) is 0. The predicted octanol–water partition coefficient (Wildman–Crippen LogP) is 4.51. The van der Waals surface area contributed by atoms with E-state index in [1.807, 2.05) is 0 Å². The van der Waals surface area contributed by atoms with E-state index in [-0.39, 0.29) is 0 Å². The summed E-state index contributed by atoms with van der Waals surface area (Å²) in [5, 5.41) is 3.75. The first-order chi connectivity index (χ1) is 9.21. The molecule has 2 unspecified atom stereocenters. The van der Waals surface area contributed by atoms with Crippen molar-refractivity contribution in [1.29, 1.82) is 0 Å². The molecule has 0 bridgehead atoms. The van der Waals surface area contributed by atoms with Gasteiger partial charge in [0.25, 0.3) is 0 Å². The molecule has 1 aliphatic rings. The number of benzene rings is 1. The number of hydrogen-bond acceptors (Lipinski definition) is 1. The molecule has 0 aromatic heterocycles. The summed E-state index contributed by atoms with van der Waals surface area (Å²) in [6.45, 7) is 10.2. The lowest BCUT2D eigenvalue weighted by Crippen LogP contribution is -2.29. The molecular formula is C18H29N. The maximum atomic E-state index is 3.75. The van der Waals surface area contributed by atoms with E-state index in [4.69, 9.17) is 0 Å². The third-order valence-corrected chi connectivity index (χ3v) is 4.65. The summed E-state index contributed by atoms with van der Waals surface area (Å²) in [6.07, 6.45) is 5.13. The van der Waals surface area contributed by atoms with Gasteiger partial charge in [0, 0.05) is 6.04 Å². The van der Waals surface area contributed by atoms with Crippen LogP contribution < -0.4 is 5.32 Å². The van der Waals surface area contributed by atoms with E-state index in [9.17, 15) is 0 Å². The first-order valence-corrected chi connectivity index (χ1v) is 8.06. The molecule has 1 saturated carbocycles. The highest BCUT2D eigenvalue weighted by Crippen LogP contribution is 2.43. The van der Waals surface area contributed by atoms with Crippen LogP contribution in [0.25, 0.3) is 0 Å². The monoisotopic (exact) mass is 259 g/mol. The van der Waals surface area contributed by atoms with Gasteiger partial charge in [0.15, 0.2) is 0 Å². The van der Waals surface area contributed by atoms with E-state index < -0.39 is 0 Å². The molecule has 1 aromatic rings. The molecule has 0 aliphatic heterocycles. The lowest BCUT2D eigenvalue weighted by atomic mass is 9.86. The van der Waals surface area contributed by atoms with E-state index in [0.29, 0.717) is 6.04 Å². The zero-order chi connectivity index (χ0) is 13.8. The van der Waals surface area contributed by atoms with E-state index in [1.165, 1.54) is 24.0 Å². The summed E-state index contributed by atoms with van der Waals surface area (Å²) >= 11 is 0. The quantitative estimate of drug-likeness (QED) is 0.760. The van der Waals surface area contributed by atoms with Crippen LogP contribution in [-0.2, 0) is 12.8 Å². The highest BCUT2D eigenvalue weighted by atomic mass is 14.9. The van der Waals surface area contributed by atoms with Gasteiger partial charge in [0.1, 0.15) is 0 Å². The largest absolute Gasteiger partial charge is 0.310 e. The molecular weight excluding hydrogens is 230 g/mol. The molecule has 19 heavy (non-hydrogen) atoms. The fourth-order valence-electron chi connectivity index (χ4n) is 3.17. The maximum Gasteiger partial charge on any atom is 0.0351 e. The first-order valence-electron chi connectivity index (χ1n) is 8.06. The topological polar surface area (TPSA) is 12.0 Å². The molecule has 1 fully saturated rings. The second kappa shape index (κ2) is 6.56. The Kier molecular flexibility index (Phi) is 5.04. The lowest BCUT2D eigenvalue weighted by molar-refractivity contribution is 0.353. The molecule has 1 heteroatoms. The Labute approximate surface area is 118 Å². The van der Waals surface area contributed by atoms with Crippen molar-refractivity contribution in [3.05, 3.63) is 34.9 Å². The van der Waals surface area contributed by atoms with Gasteiger partial charge in [-0.05, 0) is 60.8 Å². The second-order valence-electron chi connectivity index (χ2n) is 5.97. The van der Waals surface area contributed by atoms with Crippen LogP contribution in [0.5, 0.6) is 0 Å². The standard InChI is InChI=1S/C18H29N/c1-5-14-8-9-15(6-2)17(12-14)18(19-7-3)13(4)16-10-11-16/h8-9,12-13,16,18-19H,5-7,10-11H2,1-4H3. The SMILES string of the molecule is CCNC(c1cc(CC)ccc1CC)C(C)C1CC1. The summed E-state index contributed by atoms with van der Waals surface area (Å²) in [5.41, 5.74) is 4.55. The Balaban J connectivity index is 2.32. The minimum absolute atomic E-state index is 0.541. The molecule has 1 N–H and O–H groups in total. The molecule has 0 saturated heterocycles. The Morgan fingerprint density at radius 2 is 1.89 bits per heavy atom. The van der Waals surface area contributed by atoms with Crippen LogP contribution in [-0.4, -0.2) is 6.54 Å². The Morgan fingerprint density at radius 3 is 2.42 bits per heavy atom. The van der Waals surface area contributed by atoms with E-state index in [2.05, 4.69) is 51.2 Å². The number of nitrogens with one attached hydrogen (secondary N) is 1. The van der Waals surface area contributed by atoms with Crippen LogP contribution >= 0.6 is 0 Å². The van der Waals surface area contributed by atoms with Crippen LogP contribution in [0.15, 0.2) is 18.2 Å². The molecule has 106 valence electrons. The van der Waals surface area contributed by atoms with Gasteiger partial charge >= 0.3 is 0 Å². The van der Waals surface area contributed by atoms with Gasteiger partial charge in [-0.15, -0.1) is 0 Å². The minimum Gasteiger partial charge on any atom is -0.310 e. The van der Waals surface area contributed by atoms with Crippen LogP contribution in [0.2, 0.25) is 0 Å². The molecule has 0 spiro atoms. The van der Waals surface area contributed by atoms with Gasteiger partial charge in [-0.25, -0.2) is 0 Å². The molecule has 2 atom stereocenters. The van der Waals surface area contributed by atoms with Crippen LogP contribution in [0.3, 0.4) is 0 Å². The molecule has 1 aliphatic carbocycles. The van der Waals surface area contributed by atoms with Crippen LogP contribution in [0.4, 0.5) is 0 Å². The average molecular weight is 259 g/mol. The maximum absolute atomic E-state index is 3.75. The van der Waals surface area contributed by atoms with Crippen LogP contribution in [0.1, 0.15) is 63.3 Å². The van der Waals surface area contributed by atoms with Crippen molar-refractivity contribution in [2.24, 2.45) is 11.8 Å². The lowest BCUT2D eigenvalue weighted by Gasteiger charge is -2.28. The van der Waals surface area contributed by atoms with Crippen molar-refractivity contribution in [2.75, 3.05) is 6.54 Å². The fourth-order valence-corrected chi connectivity index (χ4v) is 3.17. The molecule has 0 amide bonds. The molecule has 1 aromatic carbocycles. The molecule has 2 rings (SSSR count). The molecule has 0 radical (unpaired) electrons. The van der Waals surface area contributed by atoms with Crippen molar-refractivity contribution in [1.82, 2.24) is 5.32 Å². The van der Waals surface area contributed by atoms with Crippen LogP contribution in [0, 0.1) is 11.8 Å². The Hall–Kier alpha value is -0.820. The Bertz CT molecular complexity index is 406. The average Bonchev–Trinajstić information content (AvgIpc) is 3.28. The van der Waals surface area contributed by atoms with E-state index in [0.717, 1.165) is 31.2 Å². The van der Waals surface area contributed by atoms with Crippen molar-refractivity contribution in [3.8, 4) is 0 Å². The van der Waals surface area contributed by atoms with E-state index in [1.54, 1.807) is 5.56 Å². The van der Waals surface area contributed by atoms with Gasteiger partial charge in [-0.1, -0.05) is 45.9 Å². The number of hydrogen-bond donors (Lipinski definition) is 1. The normalized spacial score (nSPS) is 18.3. The van der Waals surface area contributed by atoms with E-state index >= 15 is 0 Å². The van der Waals surface area contributed by atoms with Gasteiger partial charge in [-0.2, -0.15) is 0 Å².